The summed E-state index contributed by atoms with van der Waals surface area (Å²) in [5.41, 5.74) is 13.1. The van der Waals surface area contributed by atoms with E-state index in [-0.39, 0.29) is 9.34 Å². The van der Waals surface area contributed by atoms with Gasteiger partial charge in [-0.05, 0) is 11.0 Å². The van der Waals surface area contributed by atoms with Crippen LogP contribution in [0.4, 0.5) is 0 Å². The van der Waals surface area contributed by atoms with Crippen molar-refractivity contribution in [2.75, 3.05) is 0 Å². The molecule has 0 aliphatic carbocycles. The number of rotatable bonds is 3. The predicted molar refractivity (Wildman–Crippen MR) is 78.5 cm³/mol. The van der Waals surface area contributed by atoms with Crippen molar-refractivity contribution in [2.45, 2.75) is 36.8 Å². The highest BCUT2D eigenvalue weighted by atomic mass is 127. The minimum absolute atomic E-state index is 0.110. The maximum absolute atomic E-state index is 6.25. The molecule has 0 aliphatic heterocycles. The van der Waals surface area contributed by atoms with Gasteiger partial charge in [-0.2, -0.15) is 0 Å². The first kappa shape index (κ1) is 13.9. The SMILES string of the molecule is CC(C)(C)C(I)C(N)(N)Cc1ccccc1. The summed E-state index contributed by atoms with van der Waals surface area (Å²) in [5, 5.41) is 0. The van der Waals surface area contributed by atoms with E-state index in [2.05, 4.69) is 55.5 Å². The second kappa shape index (κ2) is 5.02. The van der Waals surface area contributed by atoms with Gasteiger partial charge in [-0.3, -0.25) is 0 Å². The molecule has 2 nitrogen and oxygen atoms in total. The number of hydrogen-bond acceptors (Lipinski definition) is 2. The van der Waals surface area contributed by atoms with E-state index in [4.69, 9.17) is 11.5 Å². The Balaban J connectivity index is 2.80. The normalized spacial score (nSPS) is 14.9. The maximum atomic E-state index is 6.25. The first-order chi connectivity index (χ1) is 7.23. The molecule has 0 fully saturated rings. The highest BCUT2D eigenvalue weighted by molar-refractivity contribution is 14.1. The van der Waals surface area contributed by atoms with Crippen molar-refractivity contribution in [3.05, 3.63) is 35.9 Å². The molecule has 1 rings (SSSR count). The lowest BCUT2D eigenvalue weighted by Gasteiger charge is -2.38. The molecule has 0 heterocycles. The van der Waals surface area contributed by atoms with Crippen molar-refractivity contribution in [2.24, 2.45) is 16.9 Å². The van der Waals surface area contributed by atoms with E-state index < -0.39 is 5.66 Å². The molecule has 0 saturated heterocycles. The Morgan fingerprint density at radius 1 is 1.12 bits per heavy atom. The summed E-state index contributed by atoms with van der Waals surface area (Å²) in [6.07, 6.45) is 0.707. The van der Waals surface area contributed by atoms with E-state index in [1.54, 1.807) is 0 Å². The minimum Gasteiger partial charge on any atom is -0.312 e. The molecule has 3 heteroatoms. The summed E-state index contributed by atoms with van der Waals surface area (Å²) in [5.74, 6) is 0. The largest absolute Gasteiger partial charge is 0.312 e. The van der Waals surface area contributed by atoms with Gasteiger partial charge in [0.1, 0.15) is 0 Å². The van der Waals surface area contributed by atoms with Gasteiger partial charge in [-0.25, -0.2) is 0 Å². The van der Waals surface area contributed by atoms with Crippen molar-refractivity contribution >= 4 is 22.6 Å². The Labute approximate surface area is 112 Å². The van der Waals surface area contributed by atoms with Crippen LogP contribution in [0.2, 0.25) is 0 Å². The lowest BCUT2D eigenvalue weighted by atomic mass is 9.82. The number of halogens is 1. The van der Waals surface area contributed by atoms with Crippen LogP contribution in [-0.4, -0.2) is 9.59 Å². The molecule has 0 saturated carbocycles. The van der Waals surface area contributed by atoms with Crippen LogP contribution in [0.15, 0.2) is 30.3 Å². The van der Waals surface area contributed by atoms with Gasteiger partial charge in [0.15, 0.2) is 0 Å². The van der Waals surface area contributed by atoms with Crippen molar-refractivity contribution in [1.29, 1.82) is 0 Å². The topological polar surface area (TPSA) is 52.0 Å². The molecule has 0 aromatic heterocycles. The quantitative estimate of drug-likeness (QED) is 0.508. The first-order valence-electron chi connectivity index (χ1n) is 5.49. The summed E-state index contributed by atoms with van der Waals surface area (Å²) < 4.78 is 0.220. The summed E-state index contributed by atoms with van der Waals surface area (Å²) in [6.45, 7) is 6.51. The molecule has 0 bridgehead atoms. The summed E-state index contributed by atoms with van der Waals surface area (Å²) >= 11 is 2.37. The Morgan fingerprint density at radius 3 is 2.06 bits per heavy atom. The molecule has 4 N–H and O–H groups in total. The smallest absolute Gasteiger partial charge is 0.0803 e. The van der Waals surface area contributed by atoms with Crippen LogP contribution in [0.5, 0.6) is 0 Å². The highest BCUT2D eigenvalue weighted by Crippen LogP contribution is 2.32. The highest BCUT2D eigenvalue weighted by Gasteiger charge is 2.37. The zero-order valence-corrected chi connectivity index (χ0v) is 12.4. The van der Waals surface area contributed by atoms with E-state index in [0.29, 0.717) is 6.42 Å². The summed E-state index contributed by atoms with van der Waals surface area (Å²) in [6, 6.07) is 10.2. The third kappa shape index (κ3) is 3.71. The average Bonchev–Trinajstić information content (AvgIpc) is 2.16. The number of nitrogens with two attached hydrogens (primary N) is 2. The number of hydrogen-bond donors (Lipinski definition) is 2. The molecule has 1 unspecified atom stereocenters. The fourth-order valence-corrected chi connectivity index (χ4v) is 2.07. The monoisotopic (exact) mass is 332 g/mol. The van der Waals surface area contributed by atoms with Gasteiger partial charge in [0.2, 0.25) is 0 Å². The fourth-order valence-electron chi connectivity index (χ4n) is 1.85. The summed E-state index contributed by atoms with van der Waals surface area (Å²) in [7, 11) is 0. The third-order valence-electron chi connectivity index (χ3n) is 2.59. The van der Waals surface area contributed by atoms with Crippen LogP contribution < -0.4 is 11.5 Å². The standard InChI is InChI=1S/C13H21IN2/c1-12(2,3)11(14)13(15,16)9-10-7-5-4-6-8-10/h4-8,11H,9,15-16H2,1-3H3. The number of alkyl halides is 1. The van der Waals surface area contributed by atoms with Crippen molar-refractivity contribution in [1.82, 2.24) is 0 Å². The molecule has 16 heavy (non-hydrogen) atoms. The van der Waals surface area contributed by atoms with Gasteiger partial charge in [0, 0.05) is 10.3 Å². The van der Waals surface area contributed by atoms with E-state index in [1.165, 1.54) is 5.56 Å². The van der Waals surface area contributed by atoms with Gasteiger partial charge in [-0.15, -0.1) is 0 Å². The van der Waals surface area contributed by atoms with E-state index in [1.807, 2.05) is 18.2 Å². The fraction of sp³-hybridized carbons (Fsp3) is 0.538. The van der Waals surface area contributed by atoms with Gasteiger partial charge in [0.25, 0.3) is 0 Å². The summed E-state index contributed by atoms with van der Waals surface area (Å²) in [4.78, 5) is 0. The van der Waals surface area contributed by atoms with Crippen LogP contribution in [-0.2, 0) is 6.42 Å². The molecule has 0 amide bonds. The molecular weight excluding hydrogens is 311 g/mol. The van der Waals surface area contributed by atoms with Crippen molar-refractivity contribution < 1.29 is 0 Å². The first-order valence-corrected chi connectivity index (χ1v) is 6.74. The van der Waals surface area contributed by atoms with Gasteiger partial charge < -0.3 is 11.5 Å². The van der Waals surface area contributed by atoms with E-state index in [0.717, 1.165) is 0 Å². The van der Waals surface area contributed by atoms with Gasteiger partial charge in [-0.1, -0.05) is 73.7 Å². The van der Waals surface area contributed by atoms with E-state index >= 15 is 0 Å². The molecule has 90 valence electrons. The average molecular weight is 332 g/mol. The Morgan fingerprint density at radius 2 is 1.62 bits per heavy atom. The van der Waals surface area contributed by atoms with E-state index in [9.17, 15) is 0 Å². The lowest BCUT2D eigenvalue weighted by molar-refractivity contribution is 0.286. The van der Waals surface area contributed by atoms with Crippen molar-refractivity contribution in [3.63, 3.8) is 0 Å². The Kier molecular flexibility index (Phi) is 4.37. The van der Waals surface area contributed by atoms with Crippen LogP contribution in [0.3, 0.4) is 0 Å². The second-order valence-corrected chi connectivity index (χ2v) is 6.75. The van der Waals surface area contributed by atoms with Crippen LogP contribution in [0, 0.1) is 5.41 Å². The molecule has 0 spiro atoms. The minimum atomic E-state index is -0.667. The molecule has 1 atom stereocenters. The predicted octanol–water partition coefficient (Wildman–Crippen LogP) is 2.69. The third-order valence-corrected chi connectivity index (χ3v) is 5.61. The van der Waals surface area contributed by atoms with Gasteiger partial charge >= 0.3 is 0 Å². The zero-order valence-electron chi connectivity index (χ0n) is 10.2. The van der Waals surface area contributed by atoms with Crippen molar-refractivity contribution in [3.8, 4) is 0 Å². The molecule has 0 aliphatic rings. The van der Waals surface area contributed by atoms with Gasteiger partial charge in [0.05, 0.1) is 5.66 Å². The second-order valence-electron chi connectivity index (χ2n) is 5.50. The lowest BCUT2D eigenvalue weighted by Crippen LogP contribution is -2.61. The molecular formula is C13H21IN2. The van der Waals surface area contributed by atoms with Crippen LogP contribution in [0.1, 0.15) is 26.3 Å². The number of benzene rings is 1. The van der Waals surface area contributed by atoms with Crippen LogP contribution >= 0.6 is 22.6 Å². The maximum Gasteiger partial charge on any atom is 0.0803 e. The molecule has 0 radical (unpaired) electrons. The van der Waals surface area contributed by atoms with Crippen LogP contribution in [0.25, 0.3) is 0 Å². The Hall–Kier alpha value is -0.130. The molecule has 1 aromatic rings. The Bertz CT molecular complexity index is 328. The molecule has 1 aromatic carbocycles. The zero-order chi connectivity index (χ0) is 12.4.